The molecule has 0 atom stereocenters. The predicted molar refractivity (Wildman–Crippen MR) is 103 cm³/mol. The highest BCUT2D eigenvalue weighted by Gasteiger charge is 2.25. The van der Waals surface area contributed by atoms with Gasteiger partial charge in [0.2, 0.25) is 0 Å². The van der Waals surface area contributed by atoms with Crippen LogP contribution < -0.4 is 10.6 Å². The first-order valence-corrected chi connectivity index (χ1v) is 9.33. The van der Waals surface area contributed by atoms with E-state index in [1.165, 1.54) is 6.20 Å². The van der Waals surface area contributed by atoms with Gasteiger partial charge in [-0.05, 0) is 37.5 Å². The Morgan fingerprint density at radius 3 is 2.57 bits per heavy atom. The predicted octanol–water partition coefficient (Wildman–Crippen LogP) is 1.83. The molecule has 0 unspecified atom stereocenters. The molecule has 0 aromatic carbocycles. The number of piperidine rings is 1. The number of hydrogen-bond donors (Lipinski definition) is 2. The molecule has 2 aromatic rings. The molecule has 1 aliphatic rings. The van der Waals surface area contributed by atoms with Crippen LogP contribution in [-0.4, -0.2) is 57.6 Å². The summed E-state index contributed by atoms with van der Waals surface area (Å²) in [6.45, 7) is 3.87. The van der Waals surface area contributed by atoms with Gasteiger partial charge in [0.05, 0.1) is 19.0 Å². The molecule has 2 N–H and O–H groups in total. The number of anilines is 1. The lowest BCUT2D eigenvalue weighted by atomic mass is 10.1. The maximum absolute atomic E-state index is 12.4. The number of pyridine rings is 1. The molecule has 1 aliphatic heterocycles. The topological polar surface area (TPSA) is 109 Å². The second-order valence-electron chi connectivity index (χ2n) is 6.43. The number of hydrogen-bond acceptors (Lipinski definition) is 7. The standard InChI is InChI=1S/C19H24N6O3/c1-2-28-19(27)25-9-5-15(6-10-25)24-18(26)16-12-23-17(13-21-16)22-11-14-3-7-20-8-4-14/h3-4,7-8,12-13,15H,2,5-6,9-11H2,1H3,(H,22,23)(H,24,26). The Labute approximate surface area is 163 Å². The van der Waals surface area contributed by atoms with Gasteiger partial charge in [-0.3, -0.25) is 9.78 Å². The molecule has 3 heterocycles. The van der Waals surface area contributed by atoms with Crippen molar-refractivity contribution in [3.05, 3.63) is 48.2 Å². The average Bonchev–Trinajstić information content (AvgIpc) is 2.74. The minimum absolute atomic E-state index is 0.00414. The SMILES string of the molecule is CCOC(=O)N1CCC(NC(=O)c2cnc(NCc3ccncc3)cn2)CC1. The Morgan fingerprint density at radius 2 is 1.93 bits per heavy atom. The first-order chi connectivity index (χ1) is 13.7. The van der Waals surface area contributed by atoms with E-state index in [1.54, 1.807) is 30.4 Å². The first kappa shape index (κ1) is 19.5. The van der Waals surface area contributed by atoms with E-state index < -0.39 is 0 Å². The molecular formula is C19H24N6O3. The summed E-state index contributed by atoms with van der Waals surface area (Å²) in [6, 6.07) is 3.83. The zero-order valence-electron chi connectivity index (χ0n) is 15.8. The van der Waals surface area contributed by atoms with Crippen LogP contribution in [0.5, 0.6) is 0 Å². The van der Waals surface area contributed by atoms with Gasteiger partial charge in [-0.1, -0.05) is 0 Å². The van der Waals surface area contributed by atoms with E-state index in [1.807, 2.05) is 12.1 Å². The highest BCUT2D eigenvalue weighted by molar-refractivity contribution is 5.92. The van der Waals surface area contributed by atoms with Gasteiger partial charge >= 0.3 is 6.09 Å². The molecule has 28 heavy (non-hydrogen) atoms. The van der Waals surface area contributed by atoms with Gasteiger partial charge in [0.25, 0.3) is 5.91 Å². The van der Waals surface area contributed by atoms with Gasteiger partial charge in [-0.25, -0.2) is 14.8 Å². The molecule has 9 nitrogen and oxygen atoms in total. The van der Waals surface area contributed by atoms with Crippen LogP contribution in [0.2, 0.25) is 0 Å². The van der Waals surface area contributed by atoms with Gasteiger partial charge in [-0.2, -0.15) is 0 Å². The molecule has 2 amide bonds. The number of carbonyl (C=O) groups excluding carboxylic acids is 2. The third kappa shape index (κ3) is 5.38. The molecule has 1 fully saturated rings. The van der Waals surface area contributed by atoms with Crippen molar-refractivity contribution < 1.29 is 14.3 Å². The fraction of sp³-hybridized carbons (Fsp3) is 0.421. The number of likely N-dealkylation sites (tertiary alicyclic amines) is 1. The van der Waals surface area contributed by atoms with Crippen LogP contribution in [0.3, 0.4) is 0 Å². The molecule has 9 heteroatoms. The number of ether oxygens (including phenoxy) is 1. The smallest absolute Gasteiger partial charge is 0.409 e. The van der Waals surface area contributed by atoms with Crippen LogP contribution in [0.25, 0.3) is 0 Å². The summed E-state index contributed by atoms with van der Waals surface area (Å²) in [7, 11) is 0. The average molecular weight is 384 g/mol. The van der Waals surface area contributed by atoms with E-state index in [-0.39, 0.29) is 23.7 Å². The molecule has 0 aliphatic carbocycles. The molecule has 0 saturated carbocycles. The third-order valence-electron chi connectivity index (χ3n) is 4.46. The summed E-state index contributed by atoms with van der Waals surface area (Å²) in [6.07, 6.45) is 7.53. The summed E-state index contributed by atoms with van der Waals surface area (Å²) in [5.41, 5.74) is 1.34. The van der Waals surface area contributed by atoms with Crippen LogP contribution in [0.1, 0.15) is 35.8 Å². The Bertz CT molecular complexity index is 776. The highest BCUT2D eigenvalue weighted by atomic mass is 16.6. The van der Waals surface area contributed by atoms with Crippen molar-refractivity contribution in [3.63, 3.8) is 0 Å². The number of nitrogens with one attached hydrogen (secondary N) is 2. The van der Waals surface area contributed by atoms with Crippen LogP contribution in [0.4, 0.5) is 10.6 Å². The van der Waals surface area contributed by atoms with Gasteiger partial charge in [0.1, 0.15) is 11.5 Å². The molecule has 2 aromatic heterocycles. The summed E-state index contributed by atoms with van der Waals surface area (Å²) in [5.74, 6) is 0.332. The summed E-state index contributed by atoms with van der Waals surface area (Å²) < 4.78 is 5.00. The van der Waals surface area contributed by atoms with Crippen LogP contribution in [0, 0.1) is 0 Å². The maximum atomic E-state index is 12.4. The number of nitrogens with zero attached hydrogens (tertiary/aromatic N) is 4. The largest absolute Gasteiger partial charge is 0.450 e. The van der Waals surface area contributed by atoms with E-state index in [4.69, 9.17) is 4.74 Å². The first-order valence-electron chi connectivity index (χ1n) is 9.33. The van der Waals surface area contributed by atoms with Gasteiger partial charge in [0, 0.05) is 38.1 Å². The van der Waals surface area contributed by atoms with Crippen molar-refractivity contribution >= 4 is 17.8 Å². The van der Waals surface area contributed by atoms with Crippen molar-refractivity contribution in [2.24, 2.45) is 0 Å². The van der Waals surface area contributed by atoms with E-state index >= 15 is 0 Å². The van der Waals surface area contributed by atoms with Crippen LogP contribution in [0.15, 0.2) is 36.9 Å². The van der Waals surface area contributed by atoms with Crippen molar-refractivity contribution in [3.8, 4) is 0 Å². The van der Waals surface area contributed by atoms with Gasteiger partial charge in [-0.15, -0.1) is 0 Å². The summed E-state index contributed by atoms with van der Waals surface area (Å²) in [4.78, 5) is 38.2. The zero-order chi connectivity index (χ0) is 19.8. The van der Waals surface area contributed by atoms with E-state index in [2.05, 4.69) is 25.6 Å². The fourth-order valence-corrected chi connectivity index (χ4v) is 2.91. The monoisotopic (exact) mass is 384 g/mol. The summed E-state index contributed by atoms with van der Waals surface area (Å²) in [5, 5.41) is 6.11. The maximum Gasteiger partial charge on any atom is 0.409 e. The van der Waals surface area contributed by atoms with E-state index in [9.17, 15) is 9.59 Å². The molecule has 1 saturated heterocycles. The Hall–Kier alpha value is -3.23. The van der Waals surface area contributed by atoms with Crippen molar-refractivity contribution in [2.45, 2.75) is 32.4 Å². The molecule has 148 valence electrons. The van der Waals surface area contributed by atoms with Gasteiger partial charge in [0.15, 0.2) is 0 Å². The normalized spacial score (nSPS) is 14.4. The van der Waals surface area contributed by atoms with Gasteiger partial charge < -0.3 is 20.3 Å². The lowest BCUT2D eigenvalue weighted by molar-refractivity contribution is 0.0856. The van der Waals surface area contributed by atoms with E-state index in [0.29, 0.717) is 44.9 Å². The second-order valence-corrected chi connectivity index (χ2v) is 6.43. The second kappa shape index (κ2) is 9.63. The lowest BCUT2D eigenvalue weighted by Crippen LogP contribution is -2.46. The minimum atomic E-state index is -0.298. The number of aromatic nitrogens is 3. The quantitative estimate of drug-likeness (QED) is 0.782. The molecule has 0 spiro atoms. The molecule has 3 rings (SSSR count). The van der Waals surface area contributed by atoms with Crippen molar-refractivity contribution in [1.82, 2.24) is 25.2 Å². The fourth-order valence-electron chi connectivity index (χ4n) is 2.91. The Kier molecular flexibility index (Phi) is 6.72. The van der Waals surface area contributed by atoms with Crippen molar-refractivity contribution in [2.75, 3.05) is 25.0 Å². The zero-order valence-corrected chi connectivity index (χ0v) is 15.8. The third-order valence-corrected chi connectivity index (χ3v) is 4.46. The van der Waals surface area contributed by atoms with Crippen LogP contribution in [-0.2, 0) is 11.3 Å². The van der Waals surface area contributed by atoms with Crippen LogP contribution >= 0.6 is 0 Å². The number of rotatable bonds is 6. The summed E-state index contributed by atoms with van der Waals surface area (Å²) >= 11 is 0. The number of carbonyl (C=O) groups is 2. The molecule has 0 bridgehead atoms. The van der Waals surface area contributed by atoms with Crippen molar-refractivity contribution in [1.29, 1.82) is 0 Å². The van der Waals surface area contributed by atoms with E-state index in [0.717, 1.165) is 5.56 Å². The Balaban J connectivity index is 1.45. The highest BCUT2D eigenvalue weighted by Crippen LogP contribution is 2.12. The lowest BCUT2D eigenvalue weighted by Gasteiger charge is -2.31. The number of amides is 2. The molecular weight excluding hydrogens is 360 g/mol. The Morgan fingerprint density at radius 1 is 1.18 bits per heavy atom. The molecule has 0 radical (unpaired) electrons. The minimum Gasteiger partial charge on any atom is -0.450 e.